The lowest BCUT2D eigenvalue weighted by molar-refractivity contribution is 0.1000. The van der Waals surface area contributed by atoms with E-state index >= 15 is 0 Å². The van der Waals surface area contributed by atoms with E-state index < -0.39 is 17.3 Å². The fourth-order valence-corrected chi connectivity index (χ4v) is 2.68. The molecule has 6 heteroatoms. The van der Waals surface area contributed by atoms with Crippen molar-refractivity contribution in [3.05, 3.63) is 74.9 Å². The maximum Gasteiger partial charge on any atom is 0.336 e. The highest BCUT2D eigenvalue weighted by Crippen LogP contribution is 2.23. The first-order valence-electron chi connectivity index (χ1n) is 7.72. The Balaban J connectivity index is 1.98. The van der Waals surface area contributed by atoms with E-state index in [-0.39, 0.29) is 12.1 Å². The molecular formula is C19H17FN2O3. The maximum atomic E-state index is 14.0. The van der Waals surface area contributed by atoms with Gasteiger partial charge in [0.1, 0.15) is 11.4 Å². The summed E-state index contributed by atoms with van der Waals surface area (Å²) in [7, 11) is 0. The van der Waals surface area contributed by atoms with Crippen molar-refractivity contribution in [2.45, 2.75) is 20.4 Å². The smallest absolute Gasteiger partial charge is 0.336 e. The van der Waals surface area contributed by atoms with Gasteiger partial charge in [-0.25, -0.2) is 9.18 Å². The topological polar surface area (TPSA) is 85.3 Å². The molecule has 3 rings (SSSR count). The SMILES string of the molecule is Cc1ccc2c(CNc3cc(C(N)=O)cc(F)c3C)cc(=O)oc2c1. The number of halogens is 1. The standard InChI is InChI=1S/C19H17FN2O3/c1-10-3-4-14-13(8-18(23)25-17(14)5-10)9-22-16-7-12(19(21)24)6-15(20)11(16)2/h3-8,22H,9H2,1-2H3,(H2,21,24). The first-order chi connectivity index (χ1) is 11.8. The molecule has 1 heterocycles. The summed E-state index contributed by atoms with van der Waals surface area (Å²) in [5.74, 6) is -1.23. The van der Waals surface area contributed by atoms with Crippen LogP contribution in [0, 0.1) is 19.7 Å². The van der Waals surface area contributed by atoms with Crippen molar-refractivity contribution in [2.24, 2.45) is 5.73 Å². The Labute approximate surface area is 143 Å². The van der Waals surface area contributed by atoms with Gasteiger partial charge in [-0.15, -0.1) is 0 Å². The molecule has 0 spiro atoms. The number of anilines is 1. The van der Waals surface area contributed by atoms with Crippen molar-refractivity contribution in [3.63, 3.8) is 0 Å². The van der Waals surface area contributed by atoms with Crippen LogP contribution in [0.3, 0.4) is 0 Å². The number of nitrogens with two attached hydrogens (primary N) is 1. The third kappa shape index (κ3) is 3.38. The first kappa shape index (κ1) is 16.7. The number of hydrogen-bond acceptors (Lipinski definition) is 4. The van der Waals surface area contributed by atoms with Gasteiger partial charge in [0.05, 0.1) is 0 Å². The zero-order chi connectivity index (χ0) is 18.1. The van der Waals surface area contributed by atoms with Crippen LogP contribution in [0.2, 0.25) is 0 Å². The summed E-state index contributed by atoms with van der Waals surface area (Å²) in [6.07, 6.45) is 0. The van der Waals surface area contributed by atoms with E-state index in [1.54, 1.807) is 13.0 Å². The van der Waals surface area contributed by atoms with E-state index in [0.717, 1.165) is 22.6 Å². The van der Waals surface area contributed by atoms with E-state index in [0.29, 0.717) is 16.8 Å². The van der Waals surface area contributed by atoms with Crippen LogP contribution in [-0.4, -0.2) is 5.91 Å². The Hall–Kier alpha value is -3.15. The molecular weight excluding hydrogens is 323 g/mol. The molecule has 1 amide bonds. The molecule has 0 radical (unpaired) electrons. The number of carbonyl (C=O) groups is 1. The Morgan fingerprint density at radius 2 is 1.96 bits per heavy atom. The van der Waals surface area contributed by atoms with E-state index in [4.69, 9.17) is 10.2 Å². The highest BCUT2D eigenvalue weighted by Gasteiger charge is 2.12. The predicted octanol–water partition coefficient (Wildman–Crippen LogP) is 3.26. The minimum Gasteiger partial charge on any atom is -0.423 e. The lowest BCUT2D eigenvalue weighted by Crippen LogP contribution is -2.13. The van der Waals surface area contributed by atoms with E-state index in [2.05, 4.69) is 5.32 Å². The van der Waals surface area contributed by atoms with Crippen LogP contribution in [0.25, 0.3) is 11.0 Å². The second kappa shape index (κ2) is 6.39. The molecule has 0 aliphatic heterocycles. The molecule has 128 valence electrons. The van der Waals surface area contributed by atoms with Gasteiger partial charge in [-0.2, -0.15) is 0 Å². The van der Waals surface area contributed by atoms with Crippen LogP contribution in [0.1, 0.15) is 27.0 Å². The van der Waals surface area contributed by atoms with Gasteiger partial charge in [0.15, 0.2) is 0 Å². The fraction of sp³-hybridized carbons (Fsp3) is 0.158. The van der Waals surface area contributed by atoms with Crippen molar-refractivity contribution in [2.75, 3.05) is 5.32 Å². The number of rotatable bonds is 4. The number of carbonyl (C=O) groups excluding carboxylic acids is 1. The molecule has 25 heavy (non-hydrogen) atoms. The van der Waals surface area contributed by atoms with Gasteiger partial charge in [0.2, 0.25) is 5.91 Å². The zero-order valence-electron chi connectivity index (χ0n) is 13.9. The summed E-state index contributed by atoms with van der Waals surface area (Å²) >= 11 is 0. The Morgan fingerprint density at radius 1 is 1.20 bits per heavy atom. The minimum atomic E-state index is -0.705. The molecule has 0 fully saturated rings. The predicted molar refractivity (Wildman–Crippen MR) is 94.2 cm³/mol. The number of hydrogen-bond donors (Lipinski definition) is 2. The number of aryl methyl sites for hydroxylation is 1. The summed E-state index contributed by atoms with van der Waals surface area (Å²) in [5.41, 5.74) is 7.87. The molecule has 0 saturated carbocycles. The molecule has 0 unspecified atom stereocenters. The van der Waals surface area contributed by atoms with Crippen molar-refractivity contribution < 1.29 is 13.6 Å². The number of benzene rings is 2. The summed E-state index contributed by atoms with van der Waals surface area (Å²) in [6.45, 7) is 3.78. The Morgan fingerprint density at radius 3 is 2.68 bits per heavy atom. The highest BCUT2D eigenvalue weighted by atomic mass is 19.1. The van der Waals surface area contributed by atoms with Crippen molar-refractivity contribution in [1.82, 2.24) is 0 Å². The maximum absolute atomic E-state index is 14.0. The third-order valence-corrected chi connectivity index (χ3v) is 4.08. The van der Waals surface area contributed by atoms with Crippen molar-refractivity contribution >= 4 is 22.6 Å². The van der Waals surface area contributed by atoms with Crippen molar-refractivity contribution in [3.8, 4) is 0 Å². The molecule has 0 aliphatic carbocycles. The number of fused-ring (bicyclic) bond motifs is 1. The average Bonchev–Trinajstić information content (AvgIpc) is 2.54. The average molecular weight is 340 g/mol. The van der Waals surface area contributed by atoms with E-state index in [1.165, 1.54) is 12.1 Å². The Bertz CT molecular complexity index is 1040. The summed E-state index contributed by atoms with van der Waals surface area (Å²) in [4.78, 5) is 23.1. The number of amides is 1. The molecule has 0 aliphatic rings. The van der Waals surface area contributed by atoms with Crippen LogP contribution in [0.4, 0.5) is 10.1 Å². The normalized spacial score (nSPS) is 10.8. The molecule has 1 aromatic heterocycles. The largest absolute Gasteiger partial charge is 0.423 e. The number of nitrogens with one attached hydrogen (secondary N) is 1. The Kier molecular flexibility index (Phi) is 4.27. The minimum absolute atomic E-state index is 0.0821. The van der Waals surface area contributed by atoms with Crippen LogP contribution >= 0.6 is 0 Å². The van der Waals surface area contributed by atoms with Crippen LogP contribution < -0.4 is 16.7 Å². The number of primary amides is 1. The van der Waals surface area contributed by atoms with Gasteiger partial charge in [-0.3, -0.25) is 4.79 Å². The second-order valence-electron chi connectivity index (χ2n) is 5.94. The molecule has 0 saturated heterocycles. The van der Waals surface area contributed by atoms with Gasteiger partial charge in [0.25, 0.3) is 0 Å². The lowest BCUT2D eigenvalue weighted by Gasteiger charge is -2.13. The van der Waals surface area contributed by atoms with Gasteiger partial charge in [-0.05, 0) is 43.2 Å². The van der Waals surface area contributed by atoms with E-state index in [9.17, 15) is 14.0 Å². The summed E-state index contributed by atoms with van der Waals surface area (Å²) in [6, 6.07) is 9.59. The van der Waals surface area contributed by atoms with Crippen LogP contribution in [-0.2, 0) is 6.54 Å². The second-order valence-corrected chi connectivity index (χ2v) is 5.94. The quantitative estimate of drug-likeness (QED) is 0.714. The molecule has 3 aromatic rings. The molecule has 3 N–H and O–H groups in total. The van der Waals surface area contributed by atoms with Gasteiger partial charge in [0, 0.05) is 34.8 Å². The highest BCUT2D eigenvalue weighted by molar-refractivity contribution is 5.94. The molecule has 0 bridgehead atoms. The van der Waals surface area contributed by atoms with Gasteiger partial charge < -0.3 is 15.5 Å². The monoisotopic (exact) mass is 340 g/mol. The summed E-state index contributed by atoms with van der Waals surface area (Å²) in [5, 5.41) is 3.86. The molecule has 0 atom stereocenters. The van der Waals surface area contributed by atoms with Crippen molar-refractivity contribution in [1.29, 1.82) is 0 Å². The third-order valence-electron chi connectivity index (χ3n) is 4.08. The first-order valence-corrected chi connectivity index (χ1v) is 7.72. The van der Waals surface area contributed by atoms with Crippen LogP contribution in [0.15, 0.2) is 45.6 Å². The fourth-order valence-electron chi connectivity index (χ4n) is 2.68. The zero-order valence-corrected chi connectivity index (χ0v) is 13.9. The van der Waals surface area contributed by atoms with Gasteiger partial charge >= 0.3 is 5.63 Å². The molecule has 5 nitrogen and oxygen atoms in total. The van der Waals surface area contributed by atoms with Crippen LogP contribution in [0.5, 0.6) is 0 Å². The lowest BCUT2D eigenvalue weighted by atomic mass is 10.1. The molecule has 2 aromatic carbocycles. The summed E-state index contributed by atoms with van der Waals surface area (Å²) < 4.78 is 19.2. The van der Waals surface area contributed by atoms with E-state index in [1.807, 2.05) is 19.1 Å². The van der Waals surface area contributed by atoms with Gasteiger partial charge in [-0.1, -0.05) is 12.1 Å².